The average Bonchev–Trinajstić information content (AvgIpc) is 2.32. The lowest BCUT2D eigenvalue weighted by Gasteiger charge is -2.33. The van der Waals surface area contributed by atoms with E-state index in [1.165, 1.54) is 0 Å². The average molecular weight is 422 g/mol. The summed E-state index contributed by atoms with van der Waals surface area (Å²) >= 11 is 0. The first-order valence-corrected chi connectivity index (χ1v) is 6.75. The molecule has 0 rings (SSSR count). The van der Waals surface area contributed by atoms with Crippen LogP contribution in [-0.4, -0.2) is 36.0 Å². The van der Waals surface area contributed by atoms with E-state index >= 15 is 0 Å². The van der Waals surface area contributed by atoms with E-state index in [1.807, 2.05) is 0 Å². The lowest BCUT2D eigenvalue weighted by molar-refractivity contribution is -0.346. The lowest BCUT2D eigenvalue weighted by atomic mass is 9.87. The summed E-state index contributed by atoms with van der Waals surface area (Å²) in [5.74, 6) is -1.94. The van der Waals surface area contributed by atoms with E-state index in [1.54, 1.807) is 0 Å². The predicted octanol–water partition coefficient (Wildman–Crippen LogP) is 6.85. The largest absolute Gasteiger partial charge is 0.431 e. The van der Waals surface area contributed by atoms with Crippen LogP contribution in [0.3, 0.4) is 0 Å². The molecular formula is C12H12F14. The highest BCUT2D eigenvalue weighted by Crippen LogP contribution is 2.51. The van der Waals surface area contributed by atoms with Gasteiger partial charge in [-0.1, -0.05) is 13.3 Å². The van der Waals surface area contributed by atoms with Crippen LogP contribution in [0.15, 0.2) is 0 Å². The van der Waals surface area contributed by atoms with Gasteiger partial charge in [0.25, 0.3) is 11.3 Å². The zero-order chi connectivity index (χ0) is 21.4. The molecule has 0 aliphatic rings. The Labute approximate surface area is 137 Å². The molecule has 14 heteroatoms. The van der Waals surface area contributed by atoms with Crippen molar-refractivity contribution in [3.8, 4) is 0 Å². The van der Waals surface area contributed by atoms with Crippen molar-refractivity contribution in [2.24, 2.45) is 5.92 Å². The van der Waals surface area contributed by atoms with Gasteiger partial charge in [0, 0.05) is 6.42 Å². The zero-order valence-electron chi connectivity index (χ0n) is 12.7. The van der Waals surface area contributed by atoms with Crippen LogP contribution < -0.4 is 0 Å². The molecule has 26 heavy (non-hydrogen) atoms. The third-order valence-electron chi connectivity index (χ3n) is 3.65. The second-order valence-electron chi connectivity index (χ2n) is 5.79. The van der Waals surface area contributed by atoms with Crippen molar-refractivity contribution in [2.45, 2.75) is 68.6 Å². The SMILES string of the molecule is CC(CCCC(F)(C(F)(F)F)C(F)(F)F)CC(F)(C(F)(F)F)C(F)(F)F. The number of rotatable bonds is 6. The highest BCUT2D eigenvalue weighted by molar-refractivity contribution is 4.97. The van der Waals surface area contributed by atoms with Crippen LogP contribution in [0.25, 0.3) is 0 Å². The first-order valence-electron chi connectivity index (χ1n) is 6.75. The van der Waals surface area contributed by atoms with Gasteiger partial charge in [-0.2, -0.15) is 52.7 Å². The minimum atomic E-state index is -6.40. The summed E-state index contributed by atoms with van der Waals surface area (Å²) in [5, 5.41) is 0. The van der Waals surface area contributed by atoms with Crippen LogP contribution in [0.2, 0.25) is 0 Å². The van der Waals surface area contributed by atoms with Crippen molar-refractivity contribution in [3.63, 3.8) is 0 Å². The molecule has 0 aromatic heterocycles. The molecule has 0 aromatic rings. The molecule has 0 aromatic carbocycles. The lowest BCUT2D eigenvalue weighted by Crippen LogP contribution is -2.54. The summed E-state index contributed by atoms with van der Waals surface area (Å²) in [5.41, 5.74) is -11.4. The molecule has 0 saturated heterocycles. The maximum atomic E-state index is 13.4. The van der Waals surface area contributed by atoms with E-state index in [9.17, 15) is 61.5 Å². The smallest absolute Gasteiger partial charge is 0.224 e. The molecule has 0 bridgehead atoms. The monoisotopic (exact) mass is 422 g/mol. The van der Waals surface area contributed by atoms with Gasteiger partial charge in [-0.15, -0.1) is 0 Å². The summed E-state index contributed by atoms with van der Waals surface area (Å²) in [6.07, 6.45) is -32.6. The summed E-state index contributed by atoms with van der Waals surface area (Å²) in [6.45, 7) is 0.562. The standard InChI is InChI=1S/C12H12F14/c1-6(5-8(14,11(21,22)23)12(24,25)26)3-2-4-7(13,9(15,16)17)10(18,19)20/h6H,2-5H2,1H3. The van der Waals surface area contributed by atoms with Crippen molar-refractivity contribution >= 4 is 0 Å². The Morgan fingerprint density at radius 3 is 1.12 bits per heavy atom. The van der Waals surface area contributed by atoms with Crippen molar-refractivity contribution in [3.05, 3.63) is 0 Å². The van der Waals surface area contributed by atoms with Gasteiger partial charge in [0.1, 0.15) is 0 Å². The molecule has 0 N–H and O–H groups in total. The van der Waals surface area contributed by atoms with E-state index in [2.05, 4.69) is 0 Å². The molecule has 0 aliphatic carbocycles. The molecule has 0 spiro atoms. The Morgan fingerprint density at radius 2 is 0.846 bits per heavy atom. The Hall–Kier alpha value is -0.980. The van der Waals surface area contributed by atoms with Crippen LogP contribution in [0, 0.1) is 5.92 Å². The van der Waals surface area contributed by atoms with Crippen LogP contribution in [-0.2, 0) is 0 Å². The highest BCUT2D eigenvalue weighted by atomic mass is 19.4. The van der Waals surface area contributed by atoms with Gasteiger partial charge >= 0.3 is 24.7 Å². The van der Waals surface area contributed by atoms with Crippen LogP contribution in [0.1, 0.15) is 32.6 Å². The second kappa shape index (κ2) is 7.21. The predicted molar refractivity (Wildman–Crippen MR) is 59.5 cm³/mol. The molecule has 0 radical (unpaired) electrons. The number of halogens is 14. The zero-order valence-corrected chi connectivity index (χ0v) is 12.7. The van der Waals surface area contributed by atoms with Gasteiger partial charge in [-0.3, -0.25) is 0 Å². The summed E-state index contributed by atoms with van der Waals surface area (Å²) in [7, 11) is 0. The Morgan fingerprint density at radius 1 is 0.538 bits per heavy atom. The Kier molecular flexibility index (Phi) is 6.94. The molecule has 158 valence electrons. The molecule has 0 nitrogen and oxygen atoms in total. The van der Waals surface area contributed by atoms with E-state index in [0.29, 0.717) is 6.92 Å². The maximum absolute atomic E-state index is 13.4. The third kappa shape index (κ3) is 5.05. The van der Waals surface area contributed by atoms with E-state index in [4.69, 9.17) is 0 Å². The highest BCUT2D eigenvalue weighted by Gasteiger charge is 2.73. The van der Waals surface area contributed by atoms with Crippen LogP contribution >= 0.6 is 0 Å². The fourth-order valence-corrected chi connectivity index (χ4v) is 2.11. The molecule has 1 unspecified atom stereocenters. The van der Waals surface area contributed by atoms with Gasteiger partial charge in [0.15, 0.2) is 0 Å². The number of hydrogen-bond acceptors (Lipinski definition) is 0. The van der Waals surface area contributed by atoms with Crippen molar-refractivity contribution in [1.82, 2.24) is 0 Å². The normalized spacial score (nSPS) is 16.7. The molecular weight excluding hydrogens is 410 g/mol. The van der Waals surface area contributed by atoms with Gasteiger partial charge in [0.2, 0.25) is 0 Å². The van der Waals surface area contributed by atoms with Gasteiger partial charge < -0.3 is 0 Å². The summed E-state index contributed by atoms with van der Waals surface area (Å²) in [6, 6.07) is 0. The van der Waals surface area contributed by atoms with Gasteiger partial charge in [-0.25, -0.2) is 8.78 Å². The van der Waals surface area contributed by atoms with E-state index in [0.717, 1.165) is 0 Å². The summed E-state index contributed by atoms with van der Waals surface area (Å²) in [4.78, 5) is 0. The third-order valence-corrected chi connectivity index (χ3v) is 3.65. The number of alkyl halides is 14. The topological polar surface area (TPSA) is 0 Å². The van der Waals surface area contributed by atoms with Crippen LogP contribution in [0.5, 0.6) is 0 Å². The first-order chi connectivity index (χ1) is 11.1. The molecule has 0 amide bonds. The molecule has 0 saturated carbocycles. The fourth-order valence-electron chi connectivity index (χ4n) is 2.11. The maximum Gasteiger partial charge on any atom is 0.431 e. The Bertz CT molecular complexity index is 423. The fraction of sp³-hybridized carbons (Fsp3) is 1.00. The minimum absolute atomic E-state index is 0.562. The first kappa shape index (κ1) is 25.0. The molecule has 0 aliphatic heterocycles. The van der Waals surface area contributed by atoms with Crippen LogP contribution in [0.4, 0.5) is 61.5 Å². The van der Waals surface area contributed by atoms with Gasteiger partial charge in [0.05, 0.1) is 0 Å². The van der Waals surface area contributed by atoms with E-state index < -0.39 is 67.6 Å². The Balaban J connectivity index is 5.14. The molecule has 0 heterocycles. The minimum Gasteiger partial charge on any atom is -0.224 e. The van der Waals surface area contributed by atoms with Crippen molar-refractivity contribution < 1.29 is 61.5 Å². The van der Waals surface area contributed by atoms with Crippen molar-refractivity contribution in [2.75, 3.05) is 0 Å². The quantitative estimate of drug-likeness (QED) is 0.411. The van der Waals surface area contributed by atoms with Crippen molar-refractivity contribution in [1.29, 1.82) is 0 Å². The summed E-state index contributed by atoms with van der Waals surface area (Å²) < 4.78 is 174. The van der Waals surface area contributed by atoms with Gasteiger partial charge in [-0.05, 0) is 18.8 Å². The second-order valence-corrected chi connectivity index (χ2v) is 5.79. The van der Waals surface area contributed by atoms with E-state index in [-0.39, 0.29) is 0 Å². The molecule has 1 atom stereocenters. The molecule has 0 fully saturated rings. The number of hydrogen-bond donors (Lipinski definition) is 0.